The van der Waals surface area contributed by atoms with Gasteiger partial charge in [0.2, 0.25) is 0 Å². The van der Waals surface area contributed by atoms with Crippen LogP contribution < -0.4 is 0 Å². The van der Waals surface area contributed by atoms with Gasteiger partial charge in [-0.25, -0.2) is 0 Å². The van der Waals surface area contributed by atoms with Gasteiger partial charge in [-0.2, -0.15) is 0 Å². The lowest BCUT2D eigenvalue weighted by molar-refractivity contribution is -0.881. The van der Waals surface area contributed by atoms with Crippen LogP contribution >= 0.6 is 0 Å². The van der Waals surface area contributed by atoms with E-state index in [0.29, 0.717) is 0 Å². The van der Waals surface area contributed by atoms with Crippen LogP contribution in [0.4, 0.5) is 0 Å². The van der Waals surface area contributed by atoms with Crippen molar-refractivity contribution < 1.29 is 9.29 Å². The molecule has 4 nitrogen and oxygen atoms in total. The summed E-state index contributed by atoms with van der Waals surface area (Å²) in [5.41, 5.74) is 0. The summed E-state index contributed by atoms with van der Waals surface area (Å²) in [4.78, 5) is 0. The van der Waals surface area contributed by atoms with E-state index in [1.165, 1.54) is 25.7 Å². The highest BCUT2D eigenvalue weighted by molar-refractivity contribution is 4.52. The molecule has 28 heavy (non-hydrogen) atoms. The third-order valence-electron chi connectivity index (χ3n) is 6.06. The van der Waals surface area contributed by atoms with Gasteiger partial charge < -0.3 is 19.7 Å². The Hall–Kier alpha value is -0.160. The highest BCUT2D eigenvalue weighted by Gasteiger charge is 2.16. The predicted molar refractivity (Wildman–Crippen MR) is 124 cm³/mol. The number of quaternary nitrogens is 2. The smallest absolute Gasteiger partial charge is 0.0783 e. The zero-order valence-electron chi connectivity index (χ0n) is 19.9. The van der Waals surface area contributed by atoms with Crippen LogP contribution in [0.5, 0.6) is 0 Å². The molecule has 0 aliphatic heterocycles. The van der Waals surface area contributed by atoms with Gasteiger partial charge >= 0.3 is 0 Å². The second kappa shape index (κ2) is 17.7. The Morgan fingerprint density at radius 2 is 0.571 bits per heavy atom. The highest BCUT2D eigenvalue weighted by atomic mass is 16.5. The number of hydrogen-bond acceptors (Lipinski definition) is 2. The van der Waals surface area contributed by atoms with Crippen LogP contribution in [0.25, 0.3) is 0 Å². The summed E-state index contributed by atoms with van der Waals surface area (Å²) >= 11 is 0. The van der Waals surface area contributed by atoms with E-state index >= 15 is 0 Å². The maximum Gasteiger partial charge on any atom is 0.0783 e. The topological polar surface area (TPSA) is 46.1 Å². The quantitative estimate of drug-likeness (QED) is 0.117. The molecule has 0 amide bonds. The molecule has 4 heteroatoms. The van der Waals surface area contributed by atoms with Crippen molar-refractivity contribution in [3.63, 3.8) is 0 Å². The normalized spacial score (nSPS) is 12.6. The summed E-state index contributed by atoms with van der Waals surface area (Å²) in [7, 11) is 0. The lowest BCUT2D eigenvalue weighted by Gasteiger charge is -2.43. The molecule has 0 aromatic heterocycles. The summed E-state index contributed by atoms with van der Waals surface area (Å²) in [6.45, 7) is 13.5. The van der Waals surface area contributed by atoms with Gasteiger partial charge in [0.15, 0.2) is 0 Å². The number of nitrogens with zero attached hydrogens (tertiary/aromatic N) is 2. The Bertz CT molecular complexity index is 289. The molecule has 0 atom stereocenters. The van der Waals surface area contributed by atoms with Crippen molar-refractivity contribution in [2.75, 3.05) is 39.3 Å². The molecule has 0 heterocycles. The molecule has 0 bridgehead atoms. The van der Waals surface area contributed by atoms with Crippen molar-refractivity contribution in [2.45, 2.75) is 118 Å². The first-order valence-corrected chi connectivity index (χ1v) is 12.6. The molecule has 0 radical (unpaired) electrons. The monoisotopic (exact) mass is 400 g/mol. The van der Waals surface area contributed by atoms with E-state index in [9.17, 15) is 10.4 Å². The summed E-state index contributed by atoms with van der Waals surface area (Å²) in [5, 5.41) is 25.9. The average molecular weight is 401 g/mol. The second-order valence-electron chi connectivity index (χ2n) is 8.99. The number of rotatable bonds is 21. The molecule has 0 aliphatic carbocycles. The molecule has 0 aromatic rings. The van der Waals surface area contributed by atoms with Crippen molar-refractivity contribution >= 4 is 0 Å². The van der Waals surface area contributed by atoms with Gasteiger partial charge in [-0.15, -0.1) is 0 Å². The molecular formula is C24H52N2O2. The van der Waals surface area contributed by atoms with E-state index in [-0.39, 0.29) is 9.29 Å². The molecule has 0 saturated carbocycles. The summed E-state index contributed by atoms with van der Waals surface area (Å²) in [5.74, 6) is 0. The van der Waals surface area contributed by atoms with Crippen LogP contribution in [-0.2, 0) is 0 Å². The van der Waals surface area contributed by atoms with E-state index in [1.807, 2.05) is 0 Å². The van der Waals surface area contributed by atoms with Crippen molar-refractivity contribution in [1.82, 2.24) is 0 Å². The van der Waals surface area contributed by atoms with E-state index < -0.39 is 0 Å². The van der Waals surface area contributed by atoms with Gasteiger partial charge in [0.25, 0.3) is 0 Å². The molecule has 0 saturated heterocycles. The van der Waals surface area contributed by atoms with Gasteiger partial charge in [-0.05, 0) is 51.4 Å². The zero-order chi connectivity index (χ0) is 21.1. The molecule has 0 fully saturated rings. The molecule has 0 unspecified atom stereocenters. The standard InChI is InChI=1S/C24H52N2O2/c1-5-9-19-25(27,20-10-6-2)23-17-15-13-14-16-18-24-26(28,21-11-7-3)22-12-8-4/h5-24H2,1-4H3. The Kier molecular flexibility index (Phi) is 17.6. The third kappa shape index (κ3) is 14.8. The fourth-order valence-electron chi connectivity index (χ4n) is 3.96. The van der Waals surface area contributed by atoms with Crippen LogP contribution in [0.3, 0.4) is 0 Å². The molecule has 170 valence electrons. The SMILES string of the molecule is CCCC[N+]([O-])(CCCC)CCCCCCCC[N+]([O-])(CCCC)CCCC. The zero-order valence-corrected chi connectivity index (χ0v) is 19.9. The maximum absolute atomic E-state index is 12.9. The average Bonchev–Trinajstić information content (AvgIpc) is 2.70. The number of hydrogen-bond donors (Lipinski definition) is 0. The Morgan fingerprint density at radius 1 is 0.357 bits per heavy atom. The Labute approximate surface area is 177 Å². The number of unbranched alkanes of at least 4 members (excludes halogenated alkanes) is 9. The first-order valence-electron chi connectivity index (χ1n) is 12.6. The predicted octanol–water partition coefficient (Wildman–Crippen LogP) is 7.16. The lowest BCUT2D eigenvalue weighted by Crippen LogP contribution is -2.44. The summed E-state index contributed by atoms with van der Waals surface area (Å²) in [6.07, 6.45) is 15.6. The minimum Gasteiger partial charge on any atom is -0.633 e. The van der Waals surface area contributed by atoms with Crippen molar-refractivity contribution in [1.29, 1.82) is 0 Å². The van der Waals surface area contributed by atoms with Crippen LogP contribution in [0.2, 0.25) is 0 Å². The van der Waals surface area contributed by atoms with Gasteiger partial charge in [-0.3, -0.25) is 0 Å². The van der Waals surface area contributed by atoms with Gasteiger partial charge in [-0.1, -0.05) is 66.2 Å². The first-order chi connectivity index (χ1) is 13.4. The lowest BCUT2D eigenvalue weighted by atomic mass is 10.1. The molecule has 0 aliphatic rings. The van der Waals surface area contributed by atoms with Crippen LogP contribution in [-0.4, -0.2) is 48.6 Å². The Balaban J connectivity index is 3.95. The minimum atomic E-state index is 0.0344. The van der Waals surface area contributed by atoms with Crippen molar-refractivity contribution in [2.24, 2.45) is 0 Å². The molecule has 0 spiro atoms. The summed E-state index contributed by atoms with van der Waals surface area (Å²) < 4.78 is 0.0689. The van der Waals surface area contributed by atoms with E-state index in [2.05, 4.69) is 27.7 Å². The summed E-state index contributed by atoms with van der Waals surface area (Å²) in [6, 6.07) is 0. The van der Waals surface area contributed by atoms with E-state index in [0.717, 1.165) is 103 Å². The van der Waals surface area contributed by atoms with Crippen LogP contribution in [0, 0.1) is 10.4 Å². The van der Waals surface area contributed by atoms with Gasteiger partial charge in [0.05, 0.1) is 39.3 Å². The molecule has 0 rings (SSSR count). The third-order valence-corrected chi connectivity index (χ3v) is 6.06. The van der Waals surface area contributed by atoms with Crippen molar-refractivity contribution in [3.05, 3.63) is 10.4 Å². The van der Waals surface area contributed by atoms with Gasteiger partial charge in [0, 0.05) is 0 Å². The molecular weight excluding hydrogens is 348 g/mol. The maximum atomic E-state index is 12.9. The molecule has 0 N–H and O–H groups in total. The van der Waals surface area contributed by atoms with Crippen LogP contribution in [0.15, 0.2) is 0 Å². The van der Waals surface area contributed by atoms with E-state index in [1.54, 1.807) is 0 Å². The Morgan fingerprint density at radius 3 is 0.821 bits per heavy atom. The minimum absolute atomic E-state index is 0.0344. The molecule has 0 aromatic carbocycles. The fraction of sp³-hybridized carbons (Fsp3) is 1.00. The second-order valence-corrected chi connectivity index (χ2v) is 8.99. The van der Waals surface area contributed by atoms with E-state index in [4.69, 9.17) is 0 Å². The van der Waals surface area contributed by atoms with Crippen molar-refractivity contribution in [3.8, 4) is 0 Å². The first kappa shape index (κ1) is 27.8. The van der Waals surface area contributed by atoms with Gasteiger partial charge in [0.1, 0.15) is 0 Å². The fourth-order valence-corrected chi connectivity index (χ4v) is 3.96. The highest BCUT2D eigenvalue weighted by Crippen LogP contribution is 2.16. The largest absolute Gasteiger partial charge is 0.633 e. The van der Waals surface area contributed by atoms with Crippen LogP contribution in [0.1, 0.15) is 118 Å². The number of hydroxylamine groups is 6.